The van der Waals surface area contributed by atoms with Crippen molar-refractivity contribution in [2.75, 3.05) is 20.3 Å². The molecule has 3 nitrogen and oxygen atoms in total. The highest BCUT2D eigenvalue weighted by atomic mass is 19.1. The van der Waals surface area contributed by atoms with Gasteiger partial charge < -0.3 is 0 Å². The smallest absolute Gasteiger partial charge is 0.237 e. The topological polar surface area (TPSA) is 23.6 Å². The maximum absolute atomic E-state index is 12.4. The summed E-state index contributed by atoms with van der Waals surface area (Å²) >= 11 is 0. The van der Waals surface area contributed by atoms with Gasteiger partial charge in [0.15, 0.2) is 0 Å². The fraction of sp³-hybridized carbons (Fsp3) is 0.615. The molecule has 2 unspecified atom stereocenters. The third-order valence-corrected chi connectivity index (χ3v) is 3.58. The van der Waals surface area contributed by atoms with Crippen molar-refractivity contribution in [1.82, 2.24) is 10.0 Å². The second-order valence-corrected chi connectivity index (χ2v) is 4.79. The Balaban J connectivity index is 2.73. The van der Waals surface area contributed by atoms with Crippen LogP contribution in [-0.2, 0) is 4.79 Å². The lowest BCUT2D eigenvalue weighted by atomic mass is 9.96. The molecule has 1 rings (SSSR count). The highest BCUT2D eigenvalue weighted by Gasteiger charge is 2.33. The van der Waals surface area contributed by atoms with Crippen LogP contribution in [0.25, 0.3) is 0 Å². The van der Waals surface area contributed by atoms with Crippen molar-refractivity contribution < 1.29 is 9.18 Å². The van der Waals surface area contributed by atoms with Crippen molar-refractivity contribution in [3.8, 4) is 0 Å². The van der Waals surface area contributed by atoms with E-state index >= 15 is 0 Å². The second kappa shape index (κ2) is 5.45. The summed E-state index contributed by atoms with van der Waals surface area (Å²) in [6.45, 7) is 11.2. The van der Waals surface area contributed by atoms with Crippen LogP contribution in [-0.4, -0.2) is 42.2 Å². The van der Waals surface area contributed by atoms with Crippen LogP contribution < -0.4 is 0 Å². The average molecular weight is 240 g/mol. The summed E-state index contributed by atoms with van der Waals surface area (Å²) in [5.74, 6) is 0.396. The number of halogens is 1. The molecule has 0 aromatic rings. The minimum atomic E-state index is -0.615. The van der Waals surface area contributed by atoms with Gasteiger partial charge >= 0.3 is 0 Å². The summed E-state index contributed by atoms with van der Waals surface area (Å²) < 4.78 is 12.4. The second-order valence-electron chi connectivity index (χ2n) is 4.79. The number of alkyl halides is 1. The van der Waals surface area contributed by atoms with Gasteiger partial charge in [-0.25, -0.2) is 9.40 Å². The molecule has 1 amide bonds. The van der Waals surface area contributed by atoms with Crippen LogP contribution in [0.1, 0.15) is 20.3 Å². The van der Waals surface area contributed by atoms with Crippen LogP contribution in [0, 0.1) is 5.92 Å². The molecule has 1 aliphatic rings. The molecule has 96 valence electrons. The molecule has 0 aromatic carbocycles. The molecule has 2 atom stereocenters. The fourth-order valence-corrected chi connectivity index (χ4v) is 1.90. The Labute approximate surface area is 103 Å². The van der Waals surface area contributed by atoms with Crippen molar-refractivity contribution in [2.24, 2.45) is 5.92 Å². The molecule has 1 heterocycles. The lowest BCUT2D eigenvalue weighted by Gasteiger charge is -2.43. The van der Waals surface area contributed by atoms with E-state index in [1.807, 2.05) is 12.1 Å². The Kier molecular flexibility index (Phi) is 4.46. The molecule has 0 bridgehead atoms. The first-order chi connectivity index (χ1) is 7.88. The molecule has 17 heavy (non-hydrogen) atoms. The van der Waals surface area contributed by atoms with E-state index in [1.54, 1.807) is 5.01 Å². The zero-order valence-corrected chi connectivity index (χ0v) is 10.9. The summed E-state index contributed by atoms with van der Waals surface area (Å²) in [6.07, 6.45) is 0.529. The minimum absolute atomic E-state index is 0.0610. The molecule has 0 radical (unpaired) electrons. The summed E-state index contributed by atoms with van der Waals surface area (Å²) in [4.78, 5) is 11.9. The molecule has 1 saturated heterocycles. The van der Waals surface area contributed by atoms with E-state index in [4.69, 9.17) is 0 Å². The highest BCUT2D eigenvalue weighted by Crippen LogP contribution is 2.24. The first kappa shape index (κ1) is 13.9. The van der Waals surface area contributed by atoms with Crippen LogP contribution in [0.3, 0.4) is 0 Å². The number of carbonyl (C=O) groups excluding carboxylic acids is 1. The Morgan fingerprint density at radius 2 is 2.00 bits per heavy atom. The maximum Gasteiger partial charge on any atom is 0.237 e. The molecule has 4 heteroatoms. The third-order valence-electron chi connectivity index (χ3n) is 3.58. The van der Waals surface area contributed by atoms with Crippen LogP contribution in [0.5, 0.6) is 0 Å². The summed E-state index contributed by atoms with van der Waals surface area (Å²) in [6, 6.07) is 0.291. The van der Waals surface area contributed by atoms with E-state index in [0.717, 1.165) is 0 Å². The van der Waals surface area contributed by atoms with Gasteiger partial charge in [0.05, 0.1) is 6.54 Å². The third kappa shape index (κ3) is 2.94. The Bertz CT molecular complexity index is 340. The van der Waals surface area contributed by atoms with Crippen molar-refractivity contribution in [1.29, 1.82) is 0 Å². The molecular weight excluding hydrogens is 219 g/mol. The van der Waals surface area contributed by atoms with Crippen molar-refractivity contribution >= 4 is 5.91 Å². The lowest BCUT2D eigenvalue weighted by molar-refractivity contribution is -0.161. The van der Waals surface area contributed by atoms with Crippen LogP contribution in [0.15, 0.2) is 24.3 Å². The van der Waals surface area contributed by atoms with Gasteiger partial charge in [-0.15, -0.1) is 0 Å². The average Bonchev–Trinajstić information content (AvgIpc) is 2.30. The van der Waals surface area contributed by atoms with E-state index in [0.29, 0.717) is 36.1 Å². The highest BCUT2D eigenvalue weighted by molar-refractivity contribution is 5.77. The van der Waals surface area contributed by atoms with Gasteiger partial charge in [0, 0.05) is 19.5 Å². The van der Waals surface area contributed by atoms with Crippen molar-refractivity contribution in [2.45, 2.75) is 26.3 Å². The standard InChI is InChI=1S/C13H21FN2O/c1-9-6-13(17)16(15(5)12(9)4)8-11(3)10(2)7-14/h9,12H,2-3,6-8H2,1,4-5H3. The van der Waals surface area contributed by atoms with Crippen LogP contribution >= 0.6 is 0 Å². The predicted molar refractivity (Wildman–Crippen MR) is 67.0 cm³/mol. The molecule has 0 aliphatic carbocycles. The number of carbonyl (C=O) groups is 1. The van der Waals surface area contributed by atoms with Gasteiger partial charge in [0.2, 0.25) is 5.91 Å². The predicted octanol–water partition coefficient (Wildman–Crippen LogP) is 2.17. The number of rotatable bonds is 4. The van der Waals surface area contributed by atoms with E-state index < -0.39 is 6.67 Å². The number of nitrogens with zero attached hydrogens (tertiary/aromatic N) is 2. The largest absolute Gasteiger partial charge is 0.273 e. The van der Waals surface area contributed by atoms with Gasteiger partial charge in [-0.2, -0.15) is 0 Å². The Hall–Kier alpha value is -1.16. The molecule has 0 N–H and O–H groups in total. The normalized spacial score (nSPS) is 26.1. The van der Waals surface area contributed by atoms with E-state index in [9.17, 15) is 9.18 Å². The van der Waals surface area contributed by atoms with Gasteiger partial charge in [-0.1, -0.05) is 20.1 Å². The first-order valence-corrected chi connectivity index (χ1v) is 5.83. The molecule has 0 saturated carbocycles. The van der Waals surface area contributed by atoms with E-state index in [1.165, 1.54) is 0 Å². The van der Waals surface area contributed by atoms with Crippen molar-refractivity contribution in [3.05, 3.63) is 24.3 Å². The summed E-state index contributed by atoms with van der Waals surface area (Å²) in [7, 11) is 1.88. The maximum atomic E-state index is 12.4. The molecular formula is C13H21FN2O. The number of hydrazine groups is 1. The van der Waals surface area contributed by atoms with Crippen molar-refractivity contribution in [3.63, 3.8) is 0 Å². The van der Waals surface area contributed by atoms with E-state index in [2.05, 4.69) is 27.0 Å². The minimum Gasteiger partial charge on any atom is -0.273 e. The molecule has 1 aliphatic heterocycles. The zero-order valence-electron chi connectivity index (χ0n) is 10.9. The summed E-state index contributed by atoms with van der Waals surface area (Å²) in [5, 5.41) is 3.54. The Morgan fingerprint density at radius 1 is 1.41 bits per heavy atom. The fourth-order valence-electron chi connectivity index (χ4n) is 1.90. The molecule has 1 fully saturated rings. The number of hydrogen-bond acceptors (Lipinski definition) is 2. The first-order valence-electron chi connectivity index (χ1n) is 5.83. The zero-order chi connectivity index (χ0) is 13.2. The number of amides is 1. The van der Waals surface area contributed by atoms with Crippen LogP contribution in [0.2, 0.25) is 0 Å². The summed E-state index contributed by atoms with van der Waals surface area (Å²) in [5.41, 5.74) is 0.937. The van der Waals surface area contributed by atoms with Gasteiger partial charge in [0.1, 0.15) is 6.67 Å². The van der Waals surface area contributed by atoms with Gasteiger partial charge in [-0.3, -0.25) is 9.80 Å². The Morgan fingerprint density at radius 3 is 2.53 bits per heavy atom. The van der Waals surface area contributed by atoms with Crippen LogP contribution in [0.4, 0.5) is 4.39 Å². The SMILES string of the molecule is C=C(CF)C(=C)CN1C(=O)CC(C)C(C)N1C. The monoisotopic (exact) mass is 240 g/mol. The quantitative estimate of drug-likeness (QED) is 0.703. The molecule has 0 aromatic heterocycles. The lowest BCUT2D eigenvalue weighted by Crippen LogP contribution is -2.56. The van der Waals surface area contributed by atoms with E-state index in [-0.39, 0.29) is 5.91 Å². The van der Waals surface area contributed by atoms with Gasteiger partial charge in [0.25, 0.3) is 0 Å². The number of hydrogen-bond donors (Lipinski definition) is 0. The van der Waals surface area contributed by atoms with Gasteiger partial charge in [-0.05, 0) is 24.0 Å². The molecule has 0 spiro atoms.